The average molecular weight is 240 g/mol. The van der Waals surface area contributed by atoms with Gasteiger partial charge in [0, 0.05) is 6.04 Å². The van der Waals surface area contributed by atoms with Crippen LogP contribution in [0.15, 0.2) is 0 Å². The topological polar surface area (TPSA) is 38.0 Å². The van der Waals surface area contributed by atoms with Gasteiger partial charge in [-0.05, 0) is 31.1 Å². The first-order valence-electron chi connectivity index (χ1n) is 7.74. The maximum absolute atomic E-state index is 5.73. The van der Waals surface area contributed by atoms with E-state index < -0.39 is 0 Å². The minimum absolute atomic E-state index is 0.573. The standard InChI is InChI=1S/C15H32N2/c1-3-4-5-6-7-8-15(17-16)14-11-9-13(2)10-12-14/h13-15,17H,3-12,16H2,1-2H3. The minimum Gasteiger partial charge on any atom is -0.271 e. The number of rotatable bonds is 8. The highest BCUT2D eigenvalue weighted by atomic mass is 15.2. The van der Waals surface area contributed by atoms with Crippen molar-refractivity contribution in [3.05, 3.63) is 0 Å². The zero-order valence-electron chi connectivity index (χ0n) is 11.9. The highest BCUT2D eigenvalue weighted by Gasteiger charge is 2.24. The number of nitrogens with one attached hydrogen (secondary N) is 1. The molecule has 0 radical (unpaired) electrons. The molecule has 1 aliphatic carbocycles. The molecule has 0 bridgehead atoms. The van der Waals surface area contributed by atoms with Gasteiger partial charge in [0.05, 0.1) is 0 Å². The summed E-state index contributed by atoms with van der Waals surface area (Å²) in [6.45, 7) is 4.65. The molecule has 0 saturated heterocycles. The molecule has 0 aliphatic heterocycles. The van der Waals surface area contributed by atoms with E-state index in [-0.39, 0.29) is 0 Å². The molecule has 0 spiro atoms. The Kier molecular flexibility index (Phi) is 7.87. The van der Waals surface area contributed by atoms with Crippen molar-refractivity contribution in [2.24, 2.45) is 17.7 Å². The quantitative estimate of drug-likeness (QED) is 0.382. The molecule has 0 aromatic heterocycles. The van der Waals surface area contributed by atoms with Gasteiger partial charge in [-0.1, -0.05) is 58.8 Å². The van der Waals surface area contributed by atoms with Crippen molar-refractivity contribution >= 4 is 0 Å². The molecule has 2 heteroatoms. The van der Waals surface area contributed by atoms with Gasteiger partial charge in [-0.3, -0.25) is 11.3 Å². The molecule has 2 nitrogen and oxygen atoms in total. The first kappa shape index (κ1) is 15.0. The van der Waals surface area contributed by atoms with Crippen molar-refractivity contribution in [2.45, 2.75) is 84.1 Å². The Balaban J connectivity index is 2.14. The van der Waals surface area contributed by atoms with Crippen LogP contribution < -0.4 is 11.3 Å². The van der Waals surface area contributed by atoms with E-state index in [0.29, 0.717) is 6.04 Å². The van der Waals surface area contributed by atoms with E-state index in [2.05, 4.69) is 19.3 Å². The molecular formula is C15H32N2. The summed E-state index contributed by atoms with van der Waals surface area (Å²) in [5.74, 6) is 7.50. The van der Waals surface area contributed by atoms with E-state index in [1.807, 2.05) is 0 Å². The maximum atomic E-state index is 5.73. The molecular weight excluding hydrogens is 208 g/mol. The summed E-state index contributed by atoms with van der Waals surface area (Å²) in [5, 5.41) is 0. The van der Waals surface area contributed by atoms with Gasteiger partial charge in [0.1, 0.15) is 0 Å². The van der Waals surface area contributed by atoms with Crippen molar-refractivity contribution in [3.63, 3.8) is 0 Å². The molecule has 1 rings (SSSR count). The number of nitrogens with two attached hydrogens (primary N) is 1. The van der Waals surface area contributed by atoms with Gasteiger partial charge in [0.15, 0.2) is 0 Å². The van der Waals surface area contributed by atoms with E-state index in [0.717, 1.165) is 11.8 Å². The van der Waals surface area contributed by atoms with Crippen molar-refractivity contribution in [3.8, 4) is 0 Å². The van der Waals surface area contributed by atoms with Gasteiger partial charge in [0.2, 0.25) is 0 Å². The Bertz CT molecular complexity index is 174. The van der Waals surface area contributed by atoms with E-state index in [1.165, 1.54) is 64.2 Å². The molecule has 102 valence electrons. The zero-order valence-corrected chi connectivity index (χ0v) is 11.9. The second-order valence-corrected chi connectivity index (χ2v) is 6.00. The second-order valence-electron chi connectivity index (χ2n) is 6.00. The molecule has 1 saturated carbocycles. The highest BCUT2D eigenvalue weighted by Crippen LogP contribution is 2.31. The van der Waals surface area contributed by atoms with Crippen LogP contribution in [0.4, 0.5) is 0 Å². The molecule has 0 heterocycles. The van der Waals surface area contributed by atoms with E-state index >= 15 is 0 Å². The fraction of sp³-hybridized carbons (Fsp3) is 1.00. The van der Waals surface area contributed by atoms with Crippen LogP contribution in [0.5, 0.6) is 0 Å². The molecule has 0 aromatic carbocycles. The minimum atomic E-state index is 0.573. The van der Waals surface area contributed by atoms with Crippen LogP contribution in [0.25, 0.3) is 0 Å². The van der Waals surface area contributed by atoms with Gasteiger partial charge < -0.3 is 0 Å². The van der Waals surface area contributed by atoms with Crippen LogP contribution in [-0.4, -0.2) is 6.04 Å². The predicted molar refractivity (Wildman–Crippen MR) is 75.6 cm³/mol. The number of hydrogen-bond donors (Lipinski definition) is 2. The number of unbranched alkanes of at least 4 members (excludes halogenated alkanes) is 4. The summed E-state index contributed by atoms with van der Waals surface area (Å²) < 4.78 is 0. The van der Waals surface area contributed by atoms with Crippen LogP contribution in [0, 0.1) is 11.8 Å². The summed E-state index contributed by atoms with van der Waals surface area (Å²) in [6.07, 6.45) is 13.7. The molecule has 3 N–H and O–H groups in total. The SMILES string of the molecule is CCCCCCCC(NN)C1CCC(C)CC1. The lowest BCUT2D eigenvalue weighted by atomic mass is 9.78. The third-order valence-electron chi connectivity index (χ3n) is 4.46. The Hall–Kier alpha value is -0.0800. The van der Waals surface area contributed by atoms with Crippen LogP contribution in [0.2, 0.25) is 0 Å². The molecule has 1 atom stereocenters. The Morgan fingerprint density at radius 2 is 1.71 bits per heavy atom. The van der Waals surface area contributed by atoms with Crippen LogP contribution in [0.1, 0.15) is 78.1 Å². The smallest absolute Gasteiger partial charge is 0.0238 e. The average Bonchev–Trinajstić information content (AvgIpc) is 2.35. The summed E-state index contributed by atoms with van der Waals surface area (Å²) in [4.78, 5) is 0. The second kappa shape index (κ2) is 8.93. The van der Waals surface area contributed by atoms with Crippen LogP contribution in [-0.2, 0) is 0 Å². The summed E-state index contributed by atoms with van der Waals surface area (Å²) in [6, 6.07) is 0.573. The van der Waals surface area contributed by atoms with Crippen LogP contribution in [0.3, 0.4) is 0 Å². The van der Waals surface area contributed by atoms with Gasteiger partial charge in [0.25, 0.3) is 0 Å². The molecule has 1 aliphatic rings. The monoisotopic (exact) mass is 240 g/mol. The van der Waals surface area contributed by atoms with Gasteiger partial charge in [-0.15, -0.1) is 0 Å². The van der Waals surface area contributed by atoms with E-state index in [4.69, 9.17) is 5.84 Å². The fourth-order valence-electron chi connectivity index (χ4n) is 3.11. The summed E-state index contributed by atoms with van der Waals surface area (Å²) in [7, 11) is 0. The first-order chi connectivity index (χ1) is 8.27. The number of hydrogen-bond acceptors (Lipinski definition) is 2. The van der Waals surface area contributed by atoms with Crippen molar-refractivity contribution in [1.29, 1.82) is 0 Å². The largest absolute Gasteiger partial charge is 0.271 e. The number of hydrazine groups is 1. The third kappa shape index (κ3) is 5.87. The zero-order chi connectivity index (χ0) is 12.5. The summed E-state index contributed by atoms with van der Waals surface area (Å²) in [5.41, 5.74) is 3.08. The first-order valence-corrected chi connectivity index (χ1v) is 7.74. The Morgan fingerprint density at radius 3 is 2.29 bits per heavy atom. The lowest BCUT2D eigenvalue weighted by Crippen LogP contribution is -2.42. The Morgan fingerprint density at radius 1 is 1.06 bits per heavy atom. The van der Waals surface area contributed by atoms with E-state index in [1.54, 1.807) is 0 Å². The molecule has 0 amide bonds. The lowest BCUT2D eigenvalue weighted by molar-refractivity contribution is 0.220. The lowest BCUT2D eigenvalue weighted by Gasteiger charge is -2.32. The van der Waals surface area contributed by atoms with Gasteiger partial charge >= 0.3 is 0 Å². The normalized spacial score (nSPS) is 27.0. The summed E-state index contributed by atoms with van der Waals surface area (Å²) >= 11 is 0. The van der Waals surface area contributed by atoms with Crippen molar-refractivity contribution in [1.82, 2.24) is 5.43 Å². The third-order valence-corrected chi connectivity index (χ3v) is 4.46. The van der Waals surface area contributed by atoms with Crippen LogP contribution >= 0.6 is 0 Å². The van der Waals surface area contributed by atoms with Gasteiger partial charge in [-0.2, -0.15) is 0 Å². The molecule has 1 unspecified atom stereocenters. The fourth-order valence-corrected chi connectivity index (χ4v) is 3.11. The molecule has 1 fully saturated rings. The Labute approximate surface area is 108 Å². The molecule has 0 aromatic rings. The highest BCUT2D eigenvalue weighted by molar-refractivity contribution is 4.79. The van der Waals surface area contributed by atoms with E-state index in [9.17, 15) is 0 Å². The van der Waals surface area contributed by atoms with Crippen molar-refractivity contribution in [2.75, 3.05) is 0 Å². The van der Waals surface area contributed by atoms with Crippen molar-refractivity contribution < 1.29 is 0 Å². The molecule has 17 heavy (non-hydrogen) atoms. The maximum Gasteiger partial charge on any atom is 0.0238 e. The predicted octanol–water partition coefficient (Wildman–Crippen LogP) is 4.01. The van der Waals surface area contributed by atoms with Gasteiger partial charge in [-0.25, -0.2) is 0 Å².